The van der Waals surface area contributed by atoms with Crippen molar-refractivity contribution >= 4 is 17.9 Å². The number of rotatable bonds is 43. The van der Waals surface area contributed by atoms with Crippen LogP contribution < -0.4 is 0 Å². The first-order valence-corrected chi connectivity index (χ1v) is 25.3. The summed E-state index contributed by atoms with van der Waals surface area (Å²) in [6.45, 7) is 6.21. The zero-order chi connectivity index (χ0) is 47.2. The molecule has 65 heavy (non-hydrogen) atoms. The number of esters is 3. The predicted octanol–water partition coefficient (Wildman–Crippen LogP) is 16.9. The second-order valence-electron chi connectivity index (χ2n) is 16.0. The molecule has 0 heterocycles. The third kappa shape index (κ3) is 50.2. The van der Waals surface area contributed by atoms with E-state index in [0.29, 0.717) is 19.3 Å². The highest BCUT2D eigenvalue weighted by atomic mass is 16.6. The van der Waals surface area contributed by atoms with Gasteiger partial charge in [-0.15, -0.1) is 0 Å². The maximum atomic E-state index is 12.7. The van der Waals surface area contributed by atoms with Crippen molar-refractivity contribution in [2.75, 3.05) is 13.2 Å². The van der Waals surface area contributed by atoms with Gasteiger partial charge in [0.15, 0.2) is 6.10 Å². The summed E-state index contributed by atoms with van der Waals surface area (Å²) in [6, 6.07) is 0. The Morgan fingerprint density at radius 2 is 0.646 bits per heavy atom. The van der Waals surface area contributed by atoms with Crippen LogP contribution in [0.5, 0.6) is 0 Å². The van der Waals surface area contributed by atoms with Crippen LogP contribution in [-0.4, -0.2) is 37.2 Å². The monoisotopic (exact) mass is 895 g/mol. The molecule has 0 amide bonds. The first-order valence-electron chi connectivity index (χ1n) is 25.3. The number of carbonyl (C=O) groups excluding carboxylic acids is 3. The molecule has 1 atom stereocenters. The van der Waals surface area contributed by atoms with Crippen LogP contribution in [0.4, 0.5) is 0 Å². The summed E-state index contributed by atoms with van der Waals surface area (Å²) in [5, 5.41) is 0. The maximum Gasteiger partial charge on any atom is 0.310 e. The molecule has 0 bridgehead atoms. The highest BCUT2D eigenvalue weighted by Gasteiger charge is 2.19. The fourth-order valence-corrected chi connectivity index (χ4v) is 6.09. The number of ether oxygens (including phenoxy) is 3. The second-order valence-corrected chi connectivity index (χ2v) is 16.0. The van der Waals surface area contributed by atoms with E-state index in [9.17, 15) is 14.4 Å². The molecule has 0 fully saturated rings. The number of hydrogen-bond donors (Lipinski definition) is 0. The van der Waals surface area contributed by atoms with Gasteiger partial charge in [-0.05, 0) is 116 Å². The van der Waals surface area contributed by atoms with Crippen molar-refractivity contribution in [1.29, 1.82) is 0 Å². The van der Waals surface area contributed by atoms with E-state index >= 15 is 0 Å². The van der Waals surface area contributed by atoms with Crippen LogP contribution in [0.25, 0.3) is 0 Å². The molecule has 0 saturated carbocycles. The summed E-state index contributed by atoms with van der Waals surface area (Å²) in [5.74, 6) is -1.14. The lowest BCUT2D eigenvalue weighted by molar-refractivity contribution is -0.166. The molecule has 0 aromatic carbocycles. The molecule has 0 spiro atoms. The van der Waals surface area contributed by atoms with Crippen LogP contribution in [-0.2, 0) is 28.6 Å². The third-order valence-corrected chi connectivity index (χ3v) is 9.84. The van der Waals surface area contributed by atoms with E-state index in [0.717, 1.165) is 116 Å². The average molecular weight is 895 g/mol. The molecule has 362 valence electrons. The van der Waals surface area contributed by atoms with Gasteiger partial charge in [-0.25, -0.2) is 0 Å². The van der Waals surface area contributed by atoms with Crippen molar-refractivity contribution in [3.8, 4) is 0 Å². The van der Waals surface area contributed by atoms with Crippen LogP contribution in [0.2, 0.25) is 0 Å². The molecule has 6 nitrogen and oxygen atoms in total. The van der Waals surface area contributed by atoms with Gasteiger partial charge in [0.1, 0.15) is 13.2 Å². The van der Waals surface area contributed by atoms with Crippen molar-refractivity contribution in [1.82, 2.24) is 0 Å². The number of hydrogen-bond acceptors (Lipinski definition) is 6. The Bertz CT molecular complexity index is 1490. The van der Waals surface area contributed by atoms with E-state index in [4.69, 9.17) is 14.2 Å². The summed E-state index contributed by atoms with van der Waals surface area (Å²) in [5.41, 5.74) is 0. The van der Waals surface area contributed by atoms with Crippen molar-refractivity contribution in [2.45, 2.75) is 194 Å². The van der Waals surface area contributed by atoms with E-state index in [1.165, 1.54) is 19.3 Å². The fraction of sp³-hybridized carbons (Fsp3) is 0.542. The minimum absolute atomic E-state index is 0.0784. The molecule has 0 rings (SSSR count). The molecule has 0 aromatic heterocycles. The lowest BCUT2D eigenvalue weighted by Gasteiger charge is -2.18. The Morgan fingerprint density at radius 3 is 1.06 bits per heavy atom. The zero-order valence-electron chi connectivity index (χ0n) is 41.2. The topological polar surface area (TPSA) is 78.9 Å². The zero-order valence-corrected chi connectivity index (χ0v) is 41.2. The summed E-state index contributed by atoms with van der Waals surface area (Å²) in [6.07, 6.45) is 74.3. The van der Waals surface area contributed by atoms with Crippen LogP contribution in [0, 0.1) is 0 Å². The standard InChI is InChI=1S/C59H90O6/c1-4-7-10-13-16-19-22-24-26-27-28-29-30-31-33-34-37-40-43-46-49-52-58(61)64-55-56(54-63-57(60)51-48-45-42-39-36-21-18-15-12-9-6-3)65-59(62)53-50-47-44-41-38-35-32-25-23-20-17-14-11-8-5-2/h7-8,10-11,15-20,24-26,28-29,31-33,37-38,40-41,47,50,56H,4-6,9,12-14,21-23,27,30,34-36,39,42-46,48-49,51-55H2,1-3H3/b10-7-,11-8-,18-15-,19-16-,20-17-,26-24-,29-28-,32-25-,33-31-,40-37-,41-38-,50-47-. The van der Waals surface area contributed by atoms with Crippen molar-refractivity contribution in [2.24, 2.45) is 0 Å². The molecule has 0 aliphatic carbocycles. The molecule has 0 N–H and O–H groups in total. The molecule has 6 heteroatoms. The molecule has 0 aromatic rings. The molecule has 0 radical (unpaired) electrons. The van der Waals surface area contributed by atoms with Crippen LogP contribution >= 0.6 is 0 Å². The minimum Gasteiger partial charge on any atom is -0.462 e. The van der Waals surface area contributed by atoms with E-state index in [-0.39, 0.29) is 38.0 Å². The second kappa shape index (κ2) is 51.9. The van der Waals surface area contributed by atoms with Gasteiger partial charge in [0, 0.05) is 12.8 Å². The van der Waals surface area contributed by atoms with E-state index in [1.54, 1.807) is 6.08 Å². The molecule has 1 unspecified atom stereocenters. The van der Waals surface area contributed by atoms with Gasteiger partial charge in [0.05, 0.1) is 6.42 Å². The fourth-order valence-electron chi connectivity index (χ4n) is 6.09. The molecule has 0 aliphatic heterocycles. The molecular formula is C59H90O6. The Kier molecular flexibility index (Phi) is 48.2. The molecular weight excluding hydrogens is 805 g/mol. The van der Waals surface area contributed by atoms with Crippen molar-refractivity contribution in [3.05, 3.63) is 146 Å². The largest absolute Gasteiger partial charge is 0.462 e. The quantitative estimate of drug-likeness (QED) is 0.0263. The highest BCUT2D eigenvalue weighted by Crippen LogP contribution is 2.11. The maximum absolute atomic E-state index is 12.7. The van der Waals surface area contributed by atoms with Gasteiger partial charge >= 0.3 is 17.9 Å². The summed E-state index contributed by atoms with van der Waals surface area (Å²) in [7, 11) is 0. The van der Waals surface area contributed by atoms with Crippen molar-refractivity contribution in [3.63, 3.8) is 0 Å². The minimum atomic E-state index is -0.859. The smallest absolute Gasteiger partial charge is 0.310 e. The van der Waals surface area contributed by atoms with Crippen LogP contribution in [0.15, 0.2) is 146 Å². The Labute approximate surface area is 397 Å². The SMILES string of the molecule is CC/C=C\C/C=C\C/C=C\C/C=C\C/C=C\C/C=C\CCCCC(=O)OCC(COC(=O)CCCCCCC/C=C\CCCC)OC(=O)C/C=C\C/C=C\C/C=C\C/C=C\C/C=C\CC. The van der Waals surface area contributed by atoms with Gasteiger partial charge in [0.2, 0.25) is 0 Å². The number of unbranched alkanes of at least 4 members (excludes halogenated alkanes) is 9. The van der Waals surface area contributed by atoms with E-state index in [2.05, 4.69) is 154 Å². The molecule has 0 saturated heterocycles. The first kappa shape index (κ1) is 60.3. The van der Waals surface area contributed by atoms with Gasteiger partial charge in [-0.2, -0.15) is 0 Å². The average Bonchev–Trinajstić information content (AvgIpc) is 3.30. The lowest BCUT2D eigenvalue weighted by atomic mass is 10.1. The van der Waals surface area contributed by atoms with Crippen LogP contribution in [0.1, 0.15) is 188 Å². The first-order chi connectivity index (χ1) is 32.0. The highest BCUT2D eigenvalue weighted by molar-refractivity contribution is 5.72. The number of carbonyl (C=O) groups is 3. The van der Waals surface area contributed by atoms with Gasteiger partial charge < -0.3 is 14.2 Å². The summed E-state index contributed by atoms with van der Waals surface area (Å²) < 4.78 is 16.6. The van der Waals surface area contributed by atoms with E-state index in [1.807, 2.05) is 6.08 Å². The third-order valence-electron chi connectivity index (χ3n) is 9.84. The van der Waals surface area contributed by atoms with Gasteiger partial charge in [-0.1, -0.05) is 199 Å². The van der Waals surface area contributed by atoms with E-state index < -0.39 is 12.1 Å². The Balaban J connectivity index is 4.59. The summed E-state index contributed by atoms with van der Waals surface area (Å²) >= 11 is 0. The Morgan fingerprint density at radius 1 is 0.338 bits per heavy atom. The Hall–Kier alpha value is -4.71. The lowest BCUT2D eigenvalue weighted by Crippen LogP contribution is -2.30. The normalized spacial score (nSPS) is 13.3. The van der Waals surface area contributed by atoms with Gasteiger partial charge in [0.25, 0.3) is 0 Å². The van der Waals surface area contributed by atoms with Crippen LogP contribution in [0.3, 0.4) is 0 Å². The number of allylic oxidation sites excluding steroid dienone is 23. The van der Waals surface area contributed by atoms with Gasteiger partial charge in [-0.3, -0.25) is 14.4 Å². The van der Waals surface area contributed by atoms with Crippen molar-refractivity contribution < 1.29 is 28.6 Å². The predicted molar refractivity (Wildman–Crippen MR) is 279 cm³/mol. The summed E-state index contributed by atoms with van der Waals surface area (Å²) in [4.78, 5) is 37.9. The molecule has 0 aliphatic rings.